The van der Waals surface area contributed by atoms with Crippen LogP contribution in [0.5, 0.6) is 0 Å². The molecule has 1 fully saturated rings. The Balaban J connectivity index is 1.55. The molecule has 3 unspecified atom stereocenters. The van der Waals surface area contributed by atoms with Gasteiger partial charge in [-0.05, 0) is 56.2 Å². The summed E-state index contributed by atoms with van der Waals surface area (Å²) in [5, 5.41) is 13.3. The molecule has 1 saturated carbocycles. The van der Waals surface area contributed by atoms with Gasteiger partial charge in [-0.1, -0.05) is 12.5 Å². The van der Waals surface area contributed by atoms with E-state index in [4.69, 9.17) is 0 Å². The number of rotatable bonds is 3. The predicted octanol–water partition coefficient (Wildman–Crippen LogP) is 2.21. The summed E-state index contributed by atoms with van der Waals surface area (Å²) in [6.45, 7) is 1.03. The van der Waals surface area contributed by atoms with Gasteiger partial charge in [0.2, 0.25) is 0 Å². The van der Waals surface area contributed by atoms with Gasteiger partial charge in [0.05, 0.1) is 17.8 Å². The maximum atomic E-state index is 9.69. The van der Waals surface area contributed by atoms with Gasteiger partial charge in [0, 0.05) is 6.20 Å². The first-order chi connectivity index (χ1) is 8.83. The van der Waals surface area contributed by atoms with Crippen LogP contribution in [-0.2, 0) is 6.42 Å². The van der Waals surface area contributed by atoms with E-state index in [1.165, 1.54) is 30.5 Å². The van der Waals surface area contributed by atoms with Crippen molar-refractivity contribution in [2.45, 2.75) is 50.7 Å². The molecule has 1 aromatic heterocycles. The van der Waals surface area contributed by atoms with Crippen LogP contribution in [-0.4, -0.2) is 22.7 Å². The quantitative estimate of drug-likeness (QED) is 0.859. The smallest absolute Gasteiger partial charge is 0.0605 e. The van der Waals surface area contributed by atoms with Crippen molar-refractivity contribution in [2.24, 2.45) is 5.92 Å². The van der Waals surface area contributed by atoms with Crippen LogP contribution in [0.4, 0.5) is 0 Å². The van der Waals surface area contributed by atoms with Crippen molar-refractivity contribution in [3.8, 4) is 0 Å². The number of aryl methyl sites for hydroxylation is 1. The normalized spacial score (nSPS) is 31.3. The minimum absolute atomic E-state index is 0.0699. The number of fused-ring (bicyclic) bond motifs is 1. The number of nitrogens with zero attached hydrogens (tertiary/aromatic N) is 1. The molecule has 0 radical (unpaired) electrons. The fourth-order valence-electron chi connectivity index (χ4n) is 3.37. The number of aliphatic hydroxyl groups excluding tert-OH is 1. The third-order valence-electron chi connectivity index (χ3n) is 4.37. The number of hydrogen-bond acceptors (Lipinski definition) is 3. The molecule has 0 aliphatic heterocycles. The summed E-state index contributed by atoms with van der Waals surface area (Å²) in [5.41, 5.74) is 2.65. The lowest BCUT2D eigenvalue weighted by molar-refractivity contribution is 0.0995. The SMILES string of the molecule is OC1CCCC(CNC2CCc3cccnc32)C1. The molecule has 0 saturated heterocycles. The maximum absolute atomic E-state index is 9.69. The molecular weight excluding hydrogens is 224 g/mol. The third kappa shape index (κ3) is 2.57. The zero-order chi connectivity index (χ0) is 12.4. The summed E-state index contributed by atoms with van der Waals surface area (Å²) in [5.74, 6) is 0.640. The van der Waals surface area contributed by atoms with Crippen LogP contribution >= 0.6 is 0 Å². The minimum Gasteiger partial charge on any atom is -0.393 e. The molecule has 18 heavy (non-hydrogen) atoms. The Kier molecular flexibility index (Phi) is 3.62. The van der Waals surface area contributed by atoms with Gasteiger partial charge in [-0.2, -0.15) is 0 Å². The fraction of sp³-hybridized carbons (Fsp3) is 0.667. The van der Waals surface area contributed by atoms with E-state index >= 15 is 0 Å². The first-order valence-electron chi connectivity index (χ1n) is 7.18. The molecule has 0 spiro atoms. The fourth-order valence-corrected chi connectivity index (χ4v) is 3.37. The van der Waals surface area contributed by atoms with Gasteiger partial charge < -0.3 is 10.4 Å². The summed E-state index contributed by atoms with van der Waals surface area (Å²) < 4.78 is 0. The Hall–Kier alpha value is -0.930. The summed E-state index contributed by atoms with van der Waals surface area (Å²) in [4.78, 5) is 4.51. The first-order valence-corrected chi connectivity index (χ1v) is 7.18. The van der Waals surface area contributed by atoms with Crippen LogP contribution < -0.4 is 5.32 Å². The number of aliphatic hydroxyl groups is 1. The van der Waals surface area contributed by atoms with Crippen molar-refractivity contribution in [2.75, 3.05) is 6.54 Å². The van der Waals surface area contributed by atoms with Crippen LogP contribution in [0.2, 0.25) is 0 Å². The molecule has 3 atom stereocenters. The molecule has 0 amide bonds. The van der Waals surface area contributed by atoms with Gasteiger partial charge in [0.15, 0.2) is 0 Å². The maximum Gasteiger partial charge on any atom is 0.0605 e. The molecule has 1 heterocycles. The number of hydrogen-bond donors (Lipinski definition) is 2. The largest absolute Gasteiger partial charge is 0.393 e. The van der Waals surface area contributed by atoms with E-state index in [2.05, 4.69) is 16.4 Å². The standard InChI is InChI=1S/C15H22N2O/c18-13-5-1-3-11(9-13)10-17-14-7-6-12-4-2-8-16-15(12)14/h2,4,8,11,13-14,17-18H,1,3,5-7,9-10H2. The molecule has 3 nitrogen and oxygen atoms in total. The second kappa shape index (κ2) is 5.37. The van der Waals surface area contributed by atoms with Crippen molar-refractivity contribution in [3.05, 3.63) is 29.6 Å². The van der Waals surface area contributed by atoms with Gasteiger partial charge in [0.25, 0.3) is 0 Å². The highest BCUT2D eigenvalue weighted by Gasteiger charge is 2.25. The molecule has 3 rings (SSSR count). The van der Waals surface area contributed by atoms with E-state index in [0.717, 1.165) is 25.8 Å². The second-order valence-corrected chi connectivity index (χ2v) is 5.73. The van der Waals surface area contributed by atoms with Crippen LogP contribution in [0.1, 0.15) is 49.4 Å². The first kappa shape index (κ1) is 12.1. The molecule has 1 aromatic rings. The Bertz CT molecular complexity index is 407. The molecule has 2 aliphatic rings. The molecular formula is C15H22N2O. The van der Waals surface area contributed by atoms with Crippen LogP contribution in [0.15, 0.2) is 18.3 Å². The van der Waals surface area contributed by atoms with Crippen LogP contribution in [0.25, 0.3) is 0 Å². The zero-order valence-electron chi connectivity index (χ0n) is 10.8. The summed E-state index contributed by atoms with van der Waals surface area (Å²) in [6.07, 6.45) is 8.52. The average Bonchev–Trinajstić information content (AvgIpc) is 2.80. The summed E-state index contributed by atoms with van der Waals surface area (Å²) in [6, 6.07) is 4.65. The van der Waals surface area contributed by atoms with Gasteiger partial charge in [0.1, 0.15) is 0 Å². The molecule has 0 aromatic carbocycles. The van der Waals surface area contributed by atoms with Crippen molar-refractivity contribution in [1.29, 1.82) is 0 Å². The molecule has 2 aliphatic carbocycles. The lowest BCUT2D eigenvalue weighted by atomic mass is 9.87. The van der Waals surface area contributed by atoms with Crippen molar-refractivity contribution in [3.63, 3.8) is 0 Å². The zero-order valence-corrected chi connectivity index (χ0v) is 10.8. The summed E-state index contributed by atoms with van der Waals surface area (Å²) in [7, 11) is 0. The molecule has 98 valence electrons. The summed E-state index contributed by atoms with van der Waals surface area (Å²) >= 11 is 0. The lowest BCUT2D eigenvalue weighted by Crippen LogP contribution is -2.31. The Morgan fingerprint density at radius 2 is 2.28 bits per heavy atom. The van der Waals surface area contributed by atoms with E-state index in [0.29, 0.717) is 12.0 Å². The van der Waals surface area contributed by atoms with Crippen LogP contribution in [0, 0.1) is 5.92 Å². The Morgan fingerprint density at radius 3 is 3.17 bits per heavy atom. The Morgan fingerprint density at radius 1 is 1.33 bits per heavy atom. The van der Waals surface area contributed by atoms with Gasteiger partial charge in [-0.15, -0.1) is 0 Å². The molecule has 2 N–H and O–H groups in total. The van der Waals surface area contributed by atoms with Gasteiger partial charge in [-0.25, -0.2) is 0 Å². The lowest BCUT2D eigenvalue weighted by Gasteiger charge is -2.27. The average molecular weight is 246 g/mol. The van der Waals surface area contributed by atoms with Crippen LogP contribution in [0.3, 0.4) is 0 Å². The number of aromatic nitrogens is 1. The van der Waals surface area contributed by atoms with E-state index in [1.54, 1.807) is 0 Å². The van der Waals surface area contributed by atoms with E-state index in [-0.39, 0.29) is 6.10 Å². The second-order valence-electron chi connectivity index (χ2n) is 5.73. The minimum atomic E-state index is -0.0699. The monoisotopic (exact) mass is 246 g/mol. The van der Waals surface area contributed by atoms with Crippen molar-refractivity contribution >= 4 is 0 Å². The van der Waals surface area contributed by atoms with Gasteiger partial charge >= 0.3 is 0 Å². The van der Waals surface area contributed by atoms with Gasteiger partial charge in [-0.3, -0.25) is 4.98 Å². The van der Waals surface area contributed by atoms with Crippen molar-refractivity contribution < 1.29 is 5.11 Å². The molecule has 0 bridgehead atoms. The molecule has 3 heteroatoms. The highest BCUT2D eigenvalue weighted by Crippen LogP contribution is 2.30. The number of nitrogens with one attached hydrogen (secondary N) is 1. The van der Waals surface area contributed by atoms with E-state index in [1.807, 2.05) is 12.3 Å². The third-order valence-corrected chi connectivity index (χ3v) is 4.37. The Labute approximate surface area is 109 Å². The topological polar surface area (TPSA) is 45.1 Å². The predicted molar refractivity (Wildman–Crippen MR) is 71.3 cm³/mol. The van der Waals surface area contributed by atoms with E-state index in [9.17, 15) is 5.11 Å². The highest BCUT2D eigenvalue weighted by molar-refractivity contribution is 5.27. The highest BCUT2D eigenvalue weighted by atomic mass is 16.3. The van der Waals surface area contributed by atoms with Crippen molar-refractivity contribution in [1.82, 2.24) is 10.3 Å². The van der Waals surface area contributed by atoms with E-state index < -0.39 is 0 Å². The number of pyridine rings is 1.